The molecule has 4 heteroatoms. The minimum absolute atomic E-state index is 0.142. The Morgan fingerprint density at radius 2 is 2.29 bits per heavy atom. The van der Waals surface area contributed by atoms with Gasteiger partial charge in [0.15, 0.2) is 0 Å². The number of hydrogen-bond donors (Lipinski definition) is 2. The van der Waals surface area contributed by atoms with Gasteiger partial charge in [0.25, 0.3) is 0 Å². The summed E-state index contributed by atoms with van der Waals surface area (Å²) in [4.78, 5) is 0. The number of aliphatic hydroxyl groups is 1. The third kappa shape index (κ3) is 2.02. The van der Waals surface area contributed by atoms with E-state index in [1.165, 1.54) is 12.1 Å². The third-order valence-electron chi connectivity index (χ3n) is 2.23. The summed E-state index contributed by atoms with van der Waals surface area (Å²) < 4.78 is 17.9. The van der Waals surface area contributed by atoms with Gasteiger partial charge >= 0.3 is 0 Å². The van der Waals surface area contributed by atoms with E-state index in [2.05, 4.69) is 5.32 Å². The second-order valence-corrected chi connectivity index (χ2v) is 3.37. The molecule has 0 aliphatic carbocycles. The van der Waals surface area contributed by atoms with Crippen molar-refractivity contribution in [3.63, 3.8) is 0 Å². The molecule has 76 valence electrons. The van der Waals surface area contributed by atoms with Crippen LogP contribution in [-0.4, -0.2) is 30.5 Å². The van der Waals surface area contributed by atoms with Crippen molar-refractivity contribution in [2.24, 2.45) is 0 Å². The van der Waals surface area contributed by atoms with Crippen LogP contribution in [0.2, 0.25) is 0 Å². The molecule has 2 atom stereocenters. The molecule has 1 aliphatic rings. The van der Waals surface area contributed by atoms with E-state index >= 15 is 0 Å². The topological polar surface area (TPSA) is 41.5 Å². The van der Waals surface area contributed by atoms with Crippen LogP contribution >= 0.6 is 0 Å². The summed E-state index contributed by atoms with van der Waals surface area (Å²) in [7, 11) is 0. The molecule has 3 nitrogen and oxygen atoms in total. The van der Waals surface area contributed by atoms with Crippen molar-refractivity contribution in [2.75, 3.05) is 18.5 Å². The van der Waals surface area contributed by atoms with Crippen molar-refractivity contribution in [1.82, 2.24) is 0 Å². The lowest BCUT2D eigenvalue weighted by Crippen LogP contribution is -2.31. The fourth-order valence-corrected chi connectivity index (χ4v) is 1.47. The molecule has 0 spiro atoms. The lowest BCUT2D eigenvalue weighted by Gasteiger charge is -2.15. The molecule has 0 bridgehead atoms. The van der Waals surface area contributed by atoms with Gasteiger partial charge < -0.3 is 15.2 Å². The minimum Gasteiger partial charge on any atom is -0.388 e. The zero-order valence-electron chi connectivity index (χ0n) is 7.61. The summed E-state index contributed by atoms with van der Waals surface area (Å²) in [5.74, 6) is -0.289. The van der Waals surface area contributed by atoms with Crippen LogP contribution in [0.3, 0.4) is 0 Å². The maximum Gasteiger partial charge on any atom is 0.125 e. The molecule has 0 aromatic heterocycles. The van der Waals surface area contributed by atoms with Crippen molar-refractivity contribution < 1.29 is 14.2 Å². The van der Waals surface area contributed by atoms with Crippen molar-refractivity contribution in [3.8, 4) is 0 Å². The number of nitrogens with one attached hydrogen (secondary N) is 1. The van der Waals surface area contributed by atoms with E-state index in [0.29, 0.717) is 18.9 Å². The molecule has 1 heterocycles. The molecule has 1 aliphatic heterocycles. The second kappa shape index (κ2) is 3.94. The van der Waals surface area contributed by atoms with E-state index in [-0.39, 0.29) is 11.9 Å². The van der Waals surface area contributed by atoms with Crippen LogP contribution in [0.5, 0.6) is 0 Å². The van der Waals surface area contributed by atoms with Crippen molar-refractivity contribution in [2.45, 2.75) is 12.1 Å². The Labute approximate surface area is 81.5 Å². The van der Waals surface area contributed by atoms with Gasteiger partial charge in [-0.15, -0.1) is 0 Å². The summed E-state index contributed by atoms with van der Waals surface area (Å²) in [6.45, 7) is 0.796. The SMILES string of the molecule is OC1COCC1Nc1cccc(F)c1. The quantitative estimate of drug-likeness (QED) is 0.743. The first-order valence-electron chi connectivity index (χ1n) is 4.53. The van der Waals surface area contributed by atoms with E-state index in [9.17, 15) is 9.50 Å². The predicted octanol–water partition coefficient (Wildman–Crippen LogP) is 0.997. The number of anilines is 1. The highest BCUT2D eigenvalue weighted by Gasteiger charge is 2.25. The van der Waals surface area contributed by atoms with Crippen LogP contribution in [-0.2, 0) is 4.74 Å². The Morgan fingerprint density at radius 3 is 2.93 bits per heavy atom. The first kappa shape index (κ1) is 9.43. The minimum atomic E-state index is -0.515. The van der Waals surface area contributed by atoms with Gasteiger partial charge in [0, 0.05) is 5.69 Å². The van der Waals surface area contributed by atoms with Crippen molar-refractivity contribution >= 4 is 5.69 Å². The molecule has 1 fully saturated rings. The van der Waals surface area contributed by atoms with E-state index in [1.54, 1.807) is 12.1 Å². The van der Waals surface area contributed by atoms with Crippen LogP contribution in [0.1, 0.15) is 0 Å². The first-order valence-corrected chi connectivity index (χ1v) is 4.53. The maximum atomic E-state index is 12.8. The van der Waals surface area contributed by atoms with Crippen LogP contribution < -0.4 is 5.32 Å². The van der Waals surface area contributed by atoms with Crippen LogP contribution in [0, 0.1) is 5.82 Å². The van der Waals surface area contributed by atoms with Crippen molar-refractivity contribution in [3.05, 3.63) is 30.1 Å². The number of ether oxygens (including phenoxy) is 1. The standard InChI is InChI=1S/C10H12FNO2/c11-7-2-1-3-8(4-7)12-9-5-14-6-10(9)13/h1-4,9-10,12-13H,5-6H2. The predicted molar refractivity (Wildman–Crippen MR) is 50.6 cm³/mol. The Balaban J connectivity index is 2.03. The highest BCUT2D eigenvalue weighted by atomic mass is 19.1. The maximum absolute atomic E-state index is 12.8. The summed E-state index contributed by atoms with van der Waals surface area (Å²) in [5.41, 5.74) is 0.666. The zero-order chi connectivity index (χ0) is 9.97. The molecule has 0 radical (unpaired) electrons. The van der Waals surface area contributed by atoms with E-state index in [0.717, 1.165) is 0 Å². The average molecular weight is 197 g/mol. The van der Waals surface area contributed by atoms with Gasteiger partial charge in [-0.05, 0) is 18.2 Å². The fourth-order valence-electron chi connectivity index (χ4n) is 1.47. The van der Waals surface area contributed by atoms with Gasteiger partial charge in [-0.3, -0.25) is 0 Å². The second-order valence-electron chi connectivity index (χ2n) is 3.37. The van der Waals surface area contributed by atoms with Crippen LogP contribution in [0.25, 0.3) is 0 Å². The van der Waals surface area contributed by atoms with E-state index in [1.807, 2.05) is 0 Å². The van der Waals surface area contributed by atoms with Gasteiger partial charge in [-0.2, -0.15) is 0 Å². The summed E-state index contributed by atoms with van der Waals surface area (Å²) >= 11 is 0. The van der Waals surface area contributed by atoms with Gasteiger partial charge in [-0.25, -0.2) is 4.39 Å². The lowest BCUT2D eigenvalue weighted by atomic mass is 10.2. The van der Waals surface area contributed by atoms with E-state index in [4.69, 9.17) is 4.74 Å². The number of rotatable bonds is 2. The molecule has 0 amide bonds. The molecule has 1 saturated heterocycles. The molecule has 2 rings (SSSR count). The number of benzene rings is 1. The molecular formula is C10H12FNO2. The molecule has 0 saturated carbocycles. The highest BCUT2D eigenvalue weighted by Crippen LogP contribution is 2.15. The van der Waals surface area contributed by atoms with Gasteiger partial charge in [0.1, 0.15) is 5.82 Å². The Hall–Kier alpha value is -1.13. The smallest absolute Gasteiger partial charge is 0.125 e. The molecule has 2 unspecified atom stereocenters. The summed E-state index contributed by atoms with van der Waals surface area (Å²) in [5, 5.41) is 12.5. The molecule has 2 N–H and O–H groups in total. The molecule has 1 aromatic carbocycles. The largest absolute Gasteiger partial charge is 0.388 e. The lowest BCUT2D eigenvalue weighted by molar-refractivity contribution is 0.125. The fraction of sp³-hybridized carbons (Fsp3) is 0.400. The average Bonchev–Trinajstić information content (AvgIpc) is 2.52. The molecular weight excluding hydrogens is 185 g/mol. The Bertz CT molecular complexity index is 319. The van der Waals surface area contributed by atoms with Crippen LogP contribution in [0.15, 0.2) is 24.3 Å². The number of hydrogen-bond acceptors (Lipinski definition) is 3. The normalized spacial score (nSPS) is 26.4. The third-order valence-corrected chi connectivity index (χ3v) is 2.23. The monoisotopic (exact) mass is 197 g/mol. The van der Waals surface area contributed by atoms with E-state index < -0.39 is 6.10 Å². The van der Waals surface area contributed by atoms with Gasteiger partial charge in [0.2, 0.25) is 0 Å². The highest BCUT2D eigenvalue weighted by molar-refractivity contribution is 5.44. The zero-order valence-corrected chi connectivity index (χ0v) is 7.61. The van der Waals surface area contributed by atoms with Crippen molar-refractivity contribution in [1.29, 1.82) is 0 Å². The van der Waals surface area contributed by atoms with Crippen LogP contribution in [0.4, 0.5) is 10.1 Å². The summed E-state index contributed by atoms with van der Waals surface area (Å²) in [6, 6.07) is 6.02. The Kier molecular flexibility index (Phi) is 2.65. The van der Waals surface area contributed by atoms with Gasteiger partial charge in [-0.1, -0.05) is 6.07 Å². The number of halogens is 1. The molecule has 1 aromatic rings. The first-order chi connectivity index (χ1) is 6.75. The molecule has 14 heavy (non-hydrogen) atoms. The Morgan fingerprint density at radius 1 is 1.43 bits per heavy atom. The summed E-state index contributed by atoms with van der Waals surface area (Å²) in [6.07, 6.45) is -0.515. The number of aliphatic hydroxyl groups excluding tert-OH is 1. The van der Waals surface area contributed by atoms with Gasteiger partial charge in [0.05, 0.1) is 25.4 Å².